The molecule has 5 nitrogen and oxygen atoms in total. The summed E-state index contributed by atoms with van der Waals surface area (Å²) in [6.45, 7) is 1.91. The van der Waals surface area contributed by atoms with Crippen LogP contribution in [0.3, 0.4) is 0 Å². The standard InChI is InChI=1S/C13H13ClN2O3/c1-9-11(13(14)16(2)15-9)8-19-12(17)6-5-10-4-3-7-18-10/h3-7H,8H2,1-2H3/b6-5+. The number of rotatable bonds is 4. The third-order valence-electron chi connectivity index (χ3n) is 2.56. The highest BCUT2D eigenvalue weighted by atomic mass is 35.5. The summed E-state index contributed by atoms with van der Waals surface area (Å²) >= 11 is 6.03. The van der Waals surface area contributed by atoms with Gasteiger partial charge in [-0.05, 0) is 25.1 Å². The monoisotopic (exact) mass is 280 g/mol. The van der Waals surface area contributed by atoms with Crippen molar-refractivity contribution in [3.63, 3.8) is 0 Å². The Hall–Kier alpha value is -2.01. The number of carbonyl (C=O) groups excluding carboxylic acids is 1. The van der Waals surface area contributed by atoms with Crippen molar-refractivity contribution < 1.29 is 13.9 Å². The maximum absolute atomic E-state index is 11.5. The second kappa shape index (κ2) is 5.75. The van der Waals surface area contributed by atoms with Crippen LogP contribution in [-0.4, -0.2) is 15.7 Å². The number of hydrogen-bond donors (Lipinski definition) is 0. The molecule has 0 unspecified atom stereocenters. The van der Waals surface area contributed by atoms with Gasteiger partial charge in [0.05, 0.1) is 12.0 Å². The molecular formula is C13H13ClN2O3. The van der Waals surface area contributed by atoms with Crippen molar-refractivity contribution in [3.05, 3.63) is 46.6 Å². The Morgan fingerprint density at radius 3 is 3.00 bits per heavy atom. The number of furan rings is 1. The molecule has 0 spiro atoms. The van der Waals surface area contributed by atoms with Crippen LogP contribution in [0.2, 0.25) is 5.15 Å². The topological polar surface area (TPSA) is 57.3 Å². The van der Waals surface area contributed by atoms with Crippen LogP contribution in [0.5, 0.6) is 0 Å². The largest absolute Gasteiger partial charge is 0.465 e. The first-order chi connectivity index (χ1) is 9.08. The number of nitrogens with zero attached hydrogens (tertiary/aromatic N) is 2. The van der Waals surface area contributed by atoms with E-state index in [4.69, 9.17) is 20.8 Å². The van der Waals surface area contributed by atoms with Crippen LogP contribution in [0, 0.1) is 6.92 Å². The molecule has 0 aliphatic rings. The number of carbonyl (C=O) groups is 1. The summed E-state index contributed by atoms with van der Waals surface area (Å²) in [5.41, 5.74) is 1.46. The molecule has 2 rings (SSSR count). The molecule has 2 aromatic heterocycles. The fraction of sp³-hybridized carbons (Fsp3) is 0.231. The SMILES string of the molecule is Cc1nn(C)c(Cl)c1COC(=O)/C=C/c1ccco1. The van der Waals surface area contributed by atoms with Gasteiger partial charge in [-0.1, -0.05) is 11.6 Å². The van der Waals surface area contributed by atoms with E-state index in [-0.39, 0.29) is 6.61 Å². The molecule has 0 fully saturated rings. The maximum Gasteiger partial charge on any atom is 0.331 e. The molecule has 2 heterocycles. The molecular weight excluding hydrogens is 268 g/mol. The average Bonchev–Trinajstić information content (AvgIpc) is 2.96. The number of esters is 1. The molecule has 0 amide bonds. The number of ether oxygens (including phenoxy) is 1. The van der Waals surface area contributed by atoms with Crippen LogP contribution in [0.25, 0.3) is 6.08 Å². The highest BCUT2D eigenvalue weighted by Gasteiger charge is 2.12. The second-order valence-electron chi connectivity index (χ2n) is 3.93. The first kappa shape index (κ1) is 13.4. The van der Waals surface area contributed by atoms with Crippen molar-refractivity contribution in [2.75, 3.05) is 0 Å². The van der Waals surface area contributed by atoms with Gasteiger partial charge in [-0.25, -0.2) is 4.79 Å². The Kier molecular flexibility index (Phi) is 4.06. The van der Waals surface area contributed by atoms with Crippen molar-refractivity contribution in [2.24, 2.45) is 7.05 Å². The van der Waals surface area contributed by atoms with E-state index in [9.17, 15) is 4.79 Å². The number of halogens is 1. The third-order valence-corrected chi connectivity index (χ3v) is 3.03. The molecule has 0 N–H and O–H groups in total. The van der Waals surface area contributed by atoms with E-state index in [0.29, 0.717) is 16.5 Å². The van der Waals surface area contributed by atoms with Crippen LogP contribution in [-0.2, 0) is 23.2 Å². The predicted octanol–water partition coefficient (Wildman–Crippen LogP) is 2.73. The van der Waals surface area contributed by atoms with Crippen LogP contribution in [0.4, 0.5) is 0 Å². The van der Waals surface area contributed by atoms with Crippen LogP contribution >= 0.6 is 11.6 Å². The molecule has 0 saturated heterocycles. The lowest BCUT2D eigenvalue weighted by molar-refractivity contribution is -0.138. The lowest BCUT2D eigenvalue weighted by Crippen LogP contribution is -2.01. The number of hydrogen-bond acceptors (Lipinski definition) is 4. The third kappa shape index (κ3) is 3.26. The molecule has 6 heteroatoms. The van der Waals surface area contributed by atoms with Gasteiger partial charge in [0.15, 0.2) is 0 Å². The summed E-state index contributed by atoms with van der Waals surface area (Å²) in [6, 6.07) is 3.48. The minimum atomic E-state index is -0.462. The van der Waals surface area contributed by atoms with Crippen molar-refractivity contribution in [1.29, 1.82) is 0 Å². The summed E-state index contributed by atoms with van der Waals surface area (Å²) in [5.74, 6) is 0.128. The first-order valence-corrected chi connectivity index (χ1v) is 6.02. The van der Waals surface area contributed by atoms with Crippen LogP contribution in [0.1, 0.15) is 17.0 Å². The van der Waals surface area contributed by atoms with Gasteiger partial charge in [-0.3, -0.25) is 4.68 Å². The zero-order chi connectivity index (χ0) is 13.8. The molecule has 2 aromatic rings. The lowest BCUT2D eigenvalue weighted by atomic mass is 10.3. The lowest BCUT2D eigenvalue weighted by Gasteiger charge is -2.01. The fourth-order valence-corrected chi connectivity index (χ4v) is 1.79. The van der Waals surface area contributed by atoms with Crippen LogP contribution in [0.15, 0.2) is 28.9 Å². The van der Waals surface area contributed by atoms with Gasteiger partial charge in [-0.2, -0.15) is 5.10 Å². The van der Waals surface area contributed by atoms with Crippen molar-refractivity contribution >= 4 is 23.6 Å². The minimum Gasteiger partial charge on any atom is -0.465 e. The zero-order valence-electron chi connectivity index (χ0n) is 10.6. The summed E-state index contributed by atoms with van der Waals surface area (Å²) in [6.07, 6.45) is 4.38. The van der Waals surface area contributed by atoms with E-state index in [0.717, 1.165) is 5.69 Å². The fourth-order valence-electron chi connectivity index (χ4n) is 1.57. The van der Waals surface area contributed by atoms with E-state index in [1.54, 1.807) is 29.9 Å². The molecule has 0 aromatic carbocycles. The molecule has 0 aliphatic carbocycles. The maximum atomic E-state index is 11.5. The molecule has 0 atom stereocenters. The second-order valence-corrected chi connectivity index (χ2v) is 4.29. The molecule has 100 valence electrons. The van der Waals surface area contributed by atoms with Crippen molar-refractivity contribution in [2.45, 2.75) is 13.5 Å². The van der Waals surface area contributed by atoms with Crippen molar-refractivity contribution in [1.82, 2.24) is 9.78 Å². The Morgan fingerprint density at radius 1 is 1.63 bits per heavy atom. The Morgan fingerprint density at radius 2 is 2.42 bits per heavy atom. The molecule has 19 heavy (non-hydrogen) atoms. The van der Waals surface area contributed by atoms with E-state index in [2.05, 4.69) is 5.10 Å². The van der Waals surface area contributed by atoms with Crippen LogP contribution < -0.4 is 0 Å². The zero-order valence-corrected chi connectivity index (χ0v) is 11.3. The van der Waals surface area contributed by atoms with E-state index in [1.807, 2.05) is 6.92 Å². The Bertz CT molecular complexity index is 600. The van der Waals surface area contributed by atoms with Gasteiger partial charge in [-0.15, -0.1) is 0 Å². The molecule has 0 bridgehead atoms. The first-order valence-electron chi connectivity index (χ1n) is 5.64. The number of aromatic nitrogens is 2. The van der Waals surface area contributed by atoms with Gasteiger partial charge < -0.3 is 9.15 Å². The smallest absolute Gasteiger partial charge is 0.331 e. The Labute approximate surface area is 115 Å². The quantitative estimate of drug-likeness (QED) is 0.638. The average molecular weight is 281 g/mol. The Balaban J connectivity index is 1.93. The van der Waals surface area contributed by atoms with Crippen molar-refractivity contribution in [3.8, 4) is 0 Å². The highest BCUT2D eigenvalue weighted by molar-refractivity contribution is 6.30. The predicted molar refractivity (Wildman–Crippen MR) is 70.5 cm³/mol. The van der Waals surface area contributed by atoms with E-state index in [1.165, 1.54) is 12.3 Å². The van der Waals surface area contributed by atoms with Gasteiger partial charge in [0.2, 0.25) is 0 Å². The molecule has 0 saturated carbocycles. The summed E-state index contributed by atoms with van der Waals surface area (Å²) < 4.78 is 11.7. The van der Waals surface area contributed by atoms with E-state index < -0.39 is 5.97 Å². The summed E-state index contributed by atoms with van der Waals surface area (Å²) in [4.78, 5) is 11.5. The van der Waals surface area contributed by atoms with Gasteiger partial charge >= 0.3 is 5.97 Å². The van der Waals surface area contributed by atoms with Gasteiger partial charge in [0, 0.05) is 18.7 Å². The van der Waals surface area contributed by atoms with Gasteiger partial charge in [0.1, 0.15) is 17.5 Å². The molecule has 0 radical (unpaired) electrons. The van der Waals surface area contributed by atoms with Gasteiger partial charge in [0.25, 0.3) is 0 Å². The molecule has 0 aliphatic heterocycles. The minimum absolute atomic E-state index is 0.0971. The summed E-state index contributed by atoms with van der Waals surface area (Å²) in [7, 11) is 1.73. The normalized spacial score (nSPS) is 11.1. The number of aryl methyl sites for hydroxylation is 2. The van der Waals surface area contributed by atoms with E-state index >= 15 is 0 Å². The summed E-state index contributed by atoms with van der Waals surface area (Å²) in [5, 5.41) is 4.61. The highest BCUT2D eigenvalue weighted by Crippen LogP contribution is 2.19.